The van der Waals surface area contributed by atoms with E-state index in [1.54, 1.807) is 12.1 Å². The lowest BCUT2D eigenvalue weighted by Gasteiger charge is -2.12. The first-order valence-electron chi connectivity index (χ1n) is 11.2. The van der Waals surface area contributed by atoms with Crippen molar-refractivity contribution in [3.8, 4) is 17.6 Å². The van der Waals surface area contributed by atoms with E-state index in [2.05, 4.69) is 21.2 Å². The lowest BCUT2D eigenvalue weighted by atomic mass is 10.1. The molecule has 3 aromatic carbocycles. The fourth-order valence-electron chi connectivity index (χ4n) is 3.18. The van der Waals surface area contributed by atoms with Crippen molar-refractivity contribution in [2.24, 2.45) is 0 Å². The second-order valence-electron chi connectivity index (χ2n) is 7.60. The molecular weight excluding hydrogens is 508 g/mol. The first-order chi connectivity index (χ1) is 17.1. The van der Waals surface area contributed by atoms with E-state index in [0.717, 1.165) is 21.3 Å². The molecule has 1 N–H and O–H groups in total. The molecule has 180 valence electrons. The minimum absolute atomic E-state index is 0.00603. The highest BCUT2D eigenvalue weighted by atomic mass is 79.9. The Morgan fingerprint density at radius 3 is 2.34 bits per heavy atom. The molecule has 0 heterocycles. The van der Waals surface area contributed by atoms with E-state index in [9.17, 15) is 10.1 Å². The predicted molar refractivity (Wildman–Crippen MR) is 139 cm³/mol. The molecule has 1 amide bonds. The van der Waals surface area contributed by atoms with Gasteiger partial charge in [-0.15, -0.1) is 0 Å². The van der Waals surface area contributed by atoms with Gasteiger partial charge in [-0.3, -0.25) is 4.79 Å². The third kappa shape index (κ3) is 8.60. The molecule has 7 heteroatoms. The molecule has 0 spiro atoms. The summed E-state index contributed by atoms with van der Waals surface area (Å²) < 4.78 is 18.0. The predicted octanol–water partition coefficient (Wildman–Crippen LogP) is 5.46. The molecule has 0 atom stereocenters. The summed E-state index contributed by atoms with van der Waals surface area (Å²) in [5.41, 5.74) is 2.65. The number of nitrogens with zero attached hydrogens (tertiary/aromatic N) is 1. The number of para-hydroxylation sites is 1. The molecular formula is C28H27BrN2O4. The molecule has 0 aromatic heterocycles. The number of rotatable bonds is 12. The summed E-state index contributed by atoms with van der Waals surface area (Å²) in [6.07, 6.45) is 1.53. The normalized spacial score (nSPS) is 10.9. The zero-order valence-corrected chi connectivity index (χ0v) is 21.1. The van der Waals surface area contributed by atoms with Gasteiger partial charge in [-0.1, -0.05) is 64.5 Å². The third-order valence-electron chi connectivity index (χ3n) is 5.00. The smallest absolute Gasteiger partial charge is 0.262 e. The average Bonchev–Trinajstić information content (AvgIpc) is 2.88. The van der Waals surface area contributed by atoms with E-state index in [-0.39, 0.29) is 5.57 Å². The maximum absolute atomic E-state index is 12.5. The average molecular weight is 535 g/mol. The standard InChI is InChI=1S/C28H27BrN2O4/c1-21-7-5-6-10-26(21)34-15-13-33-14-16-35-27-12-11-25(29)18-23(27)17-24(19-30)28(32)31-20-22-8-3-2-4-9-22/h2-12,17-18H,13-16,20H2,1H3,(H,31,32)/b24-17+. The maximum atomic E-state index is 12.5. The summed E-state index contributed by atoms with van der Waals surface area (Å²) in [7, 11) is 0. The number of halogens is 1. The number of aryl methyl sites for hydroxylation is 1. The monoisotopic (exact) mass is 534 g/mol. The lowest BCUT2D eigenvalue weighted by Crippen LogP contribution is -2.23. The van der Waals surface area contributed by atoms with Crippen molar-refractivity contribution in [2.75, 3.05) is 26.4 Å². The van der Waals surface area contributed by atoms with Gasteiger partial charge in [0.1, 0.15) is 36.4 Å². The molecule has 0 bridgehead atoms. The quantitative estimate of drug-likeness (QED) is 0.189. The Balaban J connectivity index is 1.50. The summed E-state index contributed by atoms with van der Waals surface area (Å²) in [6.45, 7) is 3.91. The molecule has 0 unspecified atom stereocenters. The number of carbonyl (C=O) groups is 1. The van der Waals surface area contributed by atoms with Crippen LogP contribution >= 0.6 is 15.9 Å². The van der Waals surface area contributed by atoms with Crippen molar-refractivity contribution < 1.29 is 19.0 Å². The number of nitriles is 1. The molecule has 0 aliphatic carbocycles. The van der Waals surface area contributed by atoms with E-state index in [4.69, 9.17) is 14.2 Å². The summed E-state index contributed by atoms with van der Waals surface area (Å²) in [6, 6.07) is 24.8. The van der Waals surface area contributed by atoms with Gasteiger partial charge in [-0.2, -0.15) is 5.26 Å². The topological polar surface area (TPSA) is 80.6 Å². The van der Waals surface area contributed by atoms with Crippen molar-refractivity contribution in [3.63, 3.8) is 0 Å². The molecule has 3 rings (SSSR count). The van der Waals surface area contributed by atoms with Crippen LogP contribution in [0.4, 0.5) is 0 Å². The molecule has 3 aromatic rings. The second kappa shape index (κ2) is 14.0. The Morgan fingerprint density at radius 1 is 0.943 bits per heavy atom. The highest BCUT2D eigenvalue weighted by Crippen LogP contribution is 2.26. The van der Waals surface area contributed by atoms with Gasteiger partial charge in [0.2, 0.25) is 0 Å². The summed E-state index contributed by atoms with van der Waals surface area (Å²) >= 11 is 3.43. The largest absolute Gasteiger partial charge is 0.491 e. The first-order valence-corrected chi connectivity index (χ1v) is 12.0. The fourth-order valence-corrected chi connectivity index (χ4v) is 3.56. The number of benzene rings is 3. The molecule has 0 saturated carbocycles. The number of ether oxygens (including phenoxy) is 3. The Kier molecular flexibility index (Phi) is 10.4. The van der Waals surface area contributed by atoms with Crippen LogP contribution in [0.25, 0.3) is 6.08 Å². The van der Waals surface area contributed by atoms with E-state index in [0.29, 0.717) is 44.3 Å². The zero-order valence-electron chi connectivity index (χ0n) is 19.5. The van der Waals surface area contributed by atoms with Crippen molar-refractivity contribution in [2.45, 2.75) is 13.5 Å². The molecule has 6 nitrogen and oxygen atoms in total. The minimum atomic E-state index is -0.445. The lowest BCUT2D eigenvalue weighted by molar-refractivity contribution is -0.117. The van der Waals surface area contributed by atoms with E-state index in [1.807, 2.05) is 73.7 Å². The van der Waals surface area contributed by atoms with E-state index in [1.165, 1.54) is 6.08 Å². The van der Waals surface area contributed by atoms with Crippen LogP contribution in [0, 0.1) is 18.3 Å². The molecule has 0 saturated heterocycles. The van der Waals surface area contributed by atoms with Crippen LogP contribution in [0.5, 0.6) is 11.5 Å². The Hall–Kier alpha value is -3.60. The molecule has 35 heavy (non-hydrogen) atoms. The Morgan fingerprint density at radius 2 is 1.63 bits per heavy atom. The highest BCUT2D eigenvalue weighted by molar-refractivity contribution is 9.10. The van der Waals surface area contributed by atoms with Crippen molar-refractivity contribution in [1.82, 2.24) is 5.32 Å². The maximum Gasteiger partial charge on any atom is 0.262 e. The summed E-state index contributed by atoms with van der Waals surface area (Å²) in [5.74, 6) is 0.954. The SMILES string of the molecule is Cc1ccccc1OCCOCCOc1ccc(Br)cc1/C=C(\C#N)C(=O)NCc1ccccc1. The fraction of sp³-hybridized carbons (Fsp3) is 0.214. The Bertz CT molecular complexity index is 1190. The summed E-state index contributed by atoms with van der Waals surface area (Å²) in [5, 5.41) is 12.3. The molecule has 0 radical (unpaired) electrons. The van der Waals surface area contributed by atoms with Crippen molar-refractivity contribution in [3.05, 3.63) is 99.5 Å². The number of nitrogens with one attached hydrogen (secondary N) is 1. The van der Waals surface area contributed by atoms with Gasteiger partial charge in [0.25, 0.3) is 5.91 Å². The number of carbonyl (C=O) groups excluding carboxylic acids is 1. The van der Waals surface area contributed by atoms with Gasteiger partial charge in [-0.25, -0.2) is 0 Å². The van der Waals surface area contributed by atoms with Crippen LogP contribution in [0.2, 0.25) is 0 Å². The number of hydrogen-bond donors (Lipinski definition) is 1. The van der Waals surface area contributed by atoms with Crippen molar-refractivity contribution in [1.29, 1.82) is 5.26 Å². The van der Waals surface area contributed by atoms with E-state index < -0.39 is 5.91 Å². The van der Waals surface area contributed by atoms with Crippen LogP contribution in [0.15, 0.2) is 82.8 Å². The second-order valence-corrected chi connectivity index (χ2v) is 8.51. The van der Waals surface area contributed by atoms with Gasteiger partial charge in [0, 0.05) is 16.6 Å². The van der Waals surface area contributed by atoms with Crippen molar-refractivity contribution >= 4 is 27.9 Å². The highest BCUT2D eigenvalue weighted by Gasteiger charge is 2.11. The van der Waals surface area contributed by atoms with Gasteiger partial charge in [0.05, 0.1) is 13.2 Å². The molecule has 0 fully saturated rings. The number of hydrogen-bond acceptors (Lipinski definition) is 5. The van der Waals surface area contributed by atoms with Gasteiger partial charge in [-0.05, 0) is 48.4 Å². The molecule has 0 aliphatic heterocycles. The van der Waals surface area contributed by atoms with Gasteiger partial charge >= 0.3 is 0 Å². The van der Waals surface area contributed by atoms with Gasteiger partial charge in [0.15, 0.2) is 0 Å². The Labute approximate surface area is 214 Å². The van der Waals surface area contributed by atoms with E-state index >= 15 is 0 Å². The summed E-state index contributed by atoms with van der Waals surface area (Å²) in [4.78, 5) is 12.5. The van der Waals surface area contributed by atoms with Gasteiger partial charge < -0.3 is 19.5 Å². The minimum Gasteiger partial charge on any atom is -0.491 e. The molecule has 0 aliphatic rings. The number of amides is 1. The zero-order chi connectivity index (χ0) is 24.9. The van der Waals surface area contributed by atoms with Crippen LogP contribution in [0.1, 0.15) is 16.7 Å². The van der Waals surface area contributed by atoms with Crippen LogP contribution < -0.4 is 14.8 Å². The van der Waals surface area contributed by atoms with Crippen LogP contribution in [-0.2, 0) is 16.1 Å². The first kappa shape index (κ1) is 26.0. The third-order valence-corrected chi connectivity index (χ3v) is 5.49. The van der Waals surface area contributed by atoms with Crippen LogP contribution in [-0.4, -0.2) is 32.3 Å². The van der Waals surface area contributed by atoms with Crippen LogP contribution in [0.3, 0.4) is 0 Å².